The van der Waals surface area contributed by atoms with E-state index >= 15 is 0 Å². The van der Waals surface area contributed by atoms with Crippen LogP contribution in [0.25, 0.3) is 0 Å². The molecule has 0 aromatic carbocycles. The quantitative estimate of drug-likeness (QED) is 0.810. The maximum Gasteiger partial charge on any atom is 0.325 e. The molecule has 1 aliphatic heterocycles. The van der Waals surface area contributed by atoms with Gasteiger partial charge in [0.2, 0.25) is 0 Å². The molecule has 130 valence electrons. The number of likely N-dealkylation sites (N-methyl/N-ethyl adjacent to an activating group) is 1. The maximum atomic E-state index is 12.7. The number of nitrogens with one attached hydrogen (secondary N) is 1. The SMILES string of the molecule is CN(CCN1C(=O)NC2(CCCC2)C1=O)C1CCCCCCC1. The van der Waals surface area contributed by atoms with Crippen molar-refractivity contribution >= 4 is 11.9 Å². The molecule has 0 bridgehead atoms. The third-order valence-corrected chi connectivity index (χ3v) is 6.08. The van der Waals surface area contributed by atoms with E-state index in [-0.39, 0.29) is 11.9 Å². The molecule has 1 N–H and O–H groups in total. The molecule has 0 unspecified atom stereocenters. The van der Waals surface area contributed by atoms with Crippen LogP contribution in [0.3, 0.4) is 0 Å². The summed E-state index contributed by atoms with van der Waals surface area (Å²) in [6.07, 6.45) is 12.9. The number of nitrogens with zero attached hydrogens (tertiary/aromatic N) is 2. The molecular weight excluding hydrogens is 290 g/mol. The van der Waals surface area contributed by atoms with Crippen molar-refractivity contribution in [2.45, 2.75) is 82.2 Å². The Morgan fingerprint density at radius 2 is 1.65 bits per heavy atom. The fourth-order valence-electron chi connectivity index (χ4n) is 4.51. The number of hydrogen-bond acceptors (Lipinski definition) is 3. The first-order valence-electron chi connectivity index (χ1n) is 9.47. The summed E-state index contributed by atoms with van der Waals surface area (Å²) in [5.74, 6) is 0.0195. The monoisotopic (exact) mass is 321 g/mol. The van der Waals surface area contributed by atoms with Crippen LogP contribution < -0.4 is 5.32 Å². The lowest BCUT2D eigenvalue weighted by Crippen LogP contribution is -2.45. The van der Waals surface area contributed by atoms with Gasteiger partial charge in [0, 0.05) is 19.1 Å². The minimum absolute atomic E-state index is 0.0195. The molecule has 0 aromatic heterocycles. The Kier molecular flexibility index (Phi) is 5.24. The van der Waals surface area contributed by atoms with Gasteiger partial charge in [0.15, 0.2) is 0 Å². The first-order chi connectivity index (χ1) is 11.1. The second-order valence-corrected chi connectivity index (χ2v) is 7.66. The predicted molar refractivity (Wildman–Crippen MR) is 90.2 cm³/mol. The molecule has 5 nitrogen and oxygen atoms in total. The third-order valence-electron chi connectivity index (χ3n) is 6.08. The third kappa shape index (κ3) is 3.54. The number of amides is 3. The van der Waals surface area contributed by atoms with E-state index in [1.165, 1.54) is 49.8 Å². The van der Waals surface area contributed by atoms with Gasteiger partial charge in [-0.1, -0.05) is 44.9 Å². The van der Waals surface area contributed by atoms with Gasteiger partial charge in [-0.15, -0.1) is 0 Å². The van der Waals surface area contributed by atoms with Gasteiger partial charge >= 0.3 is 6.03 Å². The molecule has 0 aromatic rings. The van der Waals surface area contributed by atoms with E-state index < -0.39 is 5.54 Å². The van der Waals surface area contributed by atoms with Crippen LogP contribution in [0.5, 0.6) is 0 Å². The number of imide groups is 1. The molecule has 2 aliphatic carbocycles. The topological polar surface area (TPSA) is 52.6 Å². The molecule has 1 saturated heterocycles. The zero-order valence-corrected chi connectivity index (χ0v) is 14.5. The van der Waals surface area contributed by atoms with Crippen molar-refractivity contribution in [1.29, 1.82) is 0 Å². The van der Waals surface area contributed by atoms with Crippen molar-refractivity contribution in [3.05, 3.63) is 0 Å². The van der Waals surface area contributed by atoms with E-state index in [1.54, 1.807) is 0 Å². The normalized spacial score (nSPS) is 25.9. The summed E-state index contributed by atoms with van der Waals surface area (Å²) in [6.45, 7) is 1.32. The average molecular weight is 321 g/mol. The molecule has 2 saturated carbocycles. The second-order valence-electron chi connectivity index (χ2n) is 7.66. The van der Waals surface area contributed by atoms with Crippen LogP contribution in [0.15, 0.2) is 0 Å². The Morgan fingerprint density at radius 3 is 2.30 bits per heavy atom. The molecule has 23 heavy (non-hydrogen) atoms. The smallest absolute Gasteiger partial charge is 0.323 e. The largest absolute Gasteiger partial charge is 0.325 e. The maximum absolute atomic E-state index is 12.7. The molecule has 0 atom stereocenters. The highest BCUT2D eigenvalue weighted by molar-refractivity contribution is 6.07. The zero-order chi connectivity index (χ0) is 16.3. The number of carbonyl (C=O) groups is 2. The molecule has 3 amide bonds. The van der Waals surface area contributed by atoms with E-state index in [2.05, 4.69) is 17.3 Å². The molecule has 5 heteroatoms. The Bertz CT molecular complexity index is 438. The highest BCUT2D eigenvalue weighted by atomic mass is 16.2. The lowest BCUT2D eigenvalue weighted by Gasteiger charge is -2.30. The van der Waals surface area contributed by atoms with Crippen LogP contribution >= 0.6 is 0 Å². The molecule has 0 radical (unpaired) electrons. The number of carbonyl (C=O) groups excluding carboxylic acids is 2. The molecular formula is C18H31N3O2. The second kappa shape index (κ2) is 7.20. The summed E-state index contributed by atoms with van der Waals surface area (Å²) in [4.78, 5) is 28.7. The van der Waals surface area contributed by atoms with Crippen molar-refractivity contribution < 1.29 is 9.59 Å². The molecule has 3 aliphatic rings. The van der Waals surface area contributed by atoms with E-state index in [0.717, 1.165) is 32.2 Å². The Labute approximate surface area is 139 Å². The number of hydrogen-bond donors (Lipinski definition) is 1. The lowest BCUT2D eigenvalue weighted by molar-refractivity contribution is -0.131. The zero-order valence-electron chi connectivity index (χ0n) is 14.5. The minimum atomic E-state index is -0.560. The number of rotatable bonds is 4. The van der Waals surface area contributed by atoms with Gasteiger partial charge in [-0.2, -0.15) is 0 Å². The van der Waals surface area contributed by atoms with Crippen molar-refractivity contribution in [1.82, 2.24) is 15.1 Å². The fraction of sp³-hybridized carbons (Fsp3) is 0.889. The van der Waals surface area contributed by atoms with Gasteiger partial charge in [0.1, 0.15) is 5.54 Å². The molecule has 3 rings (SSSR count). The Hall–Kier alpha value is -1.10. The highest BCUT2D eigenvalue weighted by Crippen LogP contribution is 2.35. The van der Waals surface area contributed by atoms with E-state index in [9.17, 15) is 9.59 Å². The first kappa shape index (κ1) is 16.7. The lowest BCUT2D eigenvalue weighted by atomic mass is 9.96. The van der Waals surface area contributed by atoms with Crippen molar-refractivity contribution in [2.75, 3.05) is 20.1 Å². The first-order valence-corrected chi connectivity index (χ1v) is 9.47. The van der Waals surface area contributed by atoms with Crippen LogP contribution in [0, 0.1) is 0 Å². The van der Waals surface area contributed by atoms with E-state index in [1.807, 2.05) is 0 Å². The van der Waals surface area contributed by atoms with Gasteiger partial charge in [-0.25, -0.2) is 4.79 Å². The summed E-state index contributed by atoms with van der Waals surface area (Å²) in [6, 6.07) is 0.430. The average Bonchev–Trinajstić information content (AvgIpc) is 3.04. The van der Waals surface area contributed by atoms with Gasteiger partial charge in [-0.05, 0) is 32.7 Å². The van der Waals surface area contributed by atoms with Gasteiger partial charge in [0.05, 0.1) is 0 Å². The van der Waals surface area contributed by atoms with Crippen LogP contribution in [0.1, 0.15) is 70.6 Å². The summed E-state index contributed by atoms with van der Waals surface area (Å²) in [5.41, 5.74) is -0.560. The van der Waals surface area contributed by atoms with E-state index in [0.29, 0.717) is 12.6 Å². The Balaban J connectivity index is 1.52. The summed E-state index contributed by atoms with van der Waals surface area (Å²) in [5, 5.41) is 2.97. The highest BCUT2D eigenvalue weighted by Gasteiger charge is 2.52. The fourth-order valence-corrected chi connectivity index (χ4v) is 4.51. The van der Waals surface area contributed by atoms with E-state index in [4.69, 9.17) is 0 Å². The van der Waals surface area contributed by atoms with Gasteiger partial charge in [0.25, 0.3) is 5.91 Å². The van der Waals surface area contributed by atoms with Crippen molar-refractivity contribution in [3.8, 4) is 0 Å². The Morgan fingerprint density at radius 1 is 1.04 bits per heavy atom. The number of urea groups is 1. The molecule has 1 heterocycles. The summed E-state index contributed by atoms with van der Waals surface area (Å²) < 4.78 is 0. The van der Waals surface area contributed by atoms with Crippen LogP contribution in [-0.4, -0.2) is 53.5 Å². The van der Waals surface area contributed by atoms with Crippen LogP contribution in [0.2, 0.25) is 0 Å². The van der Waals surface area contributed by atoms with Crippen molar-refractivity contribution in [3.63, 3.8) is 0 Å². The van der Waals surface area contributed by atoms with Gasteiger partial charge in [-0.3, -0.25) is 9.69 Å². The summed E-state index contributed by atoms with van der Waals surface area (Å²) in [7, 11) is 2.15. The van der Waals surface area contributed by atoms with Crippen LogP contribution in [-0.2, 0) is 4.79 Å². The molecule has 3 fully saturated rings. The summed E-state index contributed by atoms with van der Waals surface area (Å²) >= 11 is 0. The van der Waals surface area contributed by atoms with Crippen LogP contribution in [0.4, 0.5) is 4.79 Å². The standard InChI is InChI=1S/C18H31N3O2/c1-20(15-9-5-3-2-4-6-10-15)13-14-21-16(22)18(19-17(21)23)11-7-8-12-18/h15H,2-14H2,1H3,(H,19,23). The molecule has 1 spiro atoms. The van der Waals surface area contributed by atoms with Crippen molar-refractivity contribution in [2.24, 2.45) is 0 Å². The van der Waals surface area contributed by atoms with Gasteiger partial charge < -0.3 is 10.2 Å². The minimum Gasteiger partial charge on any atom is -0.323 e. The predicted octanol–water partition coefficient (Wildman–Crippen LogP) is 2.90.